The highest BCUT2D eigenvalue weighted by molar-refractivity contribution is 9.11. The molecule has 0 aliphatic heterocycles. The summed E-state index contributed by atoms with van der Waals surface area (Å²) in [4.78, 5) is 0.199. The molecule has 0 saturated carbocycles. The quantitative estimate of drug-likeness (QED) is 0.681. The predicted molar refractivity (Wildman–Crippen MR) is 91.9 cm³/mol. The first-order chi connectivity index (χ1) is 9.92. The Morgan fingerprint density at radius 2 is 1.76 bits per heavy atom. The molecule has 21 heavy (non-hydrogen) atoms. The van der Waals surface area contributed by atoms with Gasteiger partial charge in [0.2, 0.25) is 10.0 Å². The molecule has 112 valence electrons. The van der Waals surface area contributed by atoms with Crippen molar-refractivity contribution >= 4 is 53.5 Å². The van der Waals surface area contributed by atoms with E-state index >= 15 is 0 Å². The molecule has 7 heteroatoms. The van der Waals surface area contributed by atoms with E-state index in [1.165, 1.54) is 0 Å². The van der Waals surface area contributed by atoms with E-state index in [-0.39, 0.29) is 11.4 Å². The molecule has 1 N–H and O–H groups in total. The van der Waals surface area contributed by atoms with Gasteiger partial charge in [-0.1, -0.05) is 40.2 Å². The number of nitrogens with one attached hydrogen (secondary N) is 1. The van der Waals surface area contributed by atoms with Crippen molar-refractivity contribution in [2.24, 2.45) is 0 Å². The molecule has 0 fully saturated rings. The SMILES string of the molecule is O=S(=O)(NCc1cccc(CCl)c1)c1cc(Br)ccc1Br. The molecular formula is C14H12Br2ClNO2S. The molecule has 0 amide bonds. The zero-order valence-corrected chi connectivity index (χ0v) is 15.6. The summed E-state index contributed by atoms with van der Waals surface area (Å²) in [6, 6.07) is 12.5. The summed E-state index contributed by atoms with van der Waals surface area (Å²) in [6.45, 7) is 0.214. The van der Waals surface area contributed by atoms with Crippen molar-refractivity contribution in [2.75, 3.05) is 0 Å². The first-order valence-corrected chi connectivity index (χ1v) is 9.61. The Bertz CT molecular complexity index is 750. The van der Waals surface area contributed by atoms with Gasteiger partial charge in [-0.2, -0.15) is 0 Å². The van der Waals surface area contributed by atoms with Crippen LogP contribution in [0.15, 0.2) is 56.3 Å². The molecule has 0 unspecified atom stereocenters. The maximum absolute atomic E-state index is 12.3. The summed E-state index contributed by atoms with van der Waals surface area (Å²) in [7, 11) is -3.59. The lowest BCUT2D eigenvalue weighted by Gasteiger charge is -2.09. The number of benzene rings is 2. The Morgan fingerprint density at radius 1 is 1.05 bits per heavy atom. The highest BCUT2D eigenvalue weighted by atomic mass is 79.9. The van der Waals surface area contributed by atoms with Gasteiger partial charge < -0.3 is 0 Å². The average Bonchev–Trinajstić information content (AvgIpc) is 2.48. The molecule has 3 nitrogen and oxygen atoms in total. The van der Waals surface area contributed by atoms with Crippen LogP contribution in [0.4, 0.5) is 0 Å². The molecule has 2 rings (SSSR count). The van der Waals surface area contributed by atoms with Crippen LogP contribution in [0, 0.1) is 0 Å². The molecule has 0 aromatic heterocycles. The van der Waals surface area contributed by atoms with E-state index in [0.29, 0.717) is 14.8 Å². The highest BCUT2D eigenvalue weighted by Gasteiger charge is 2.17. The average molecular weight is 454 g/mol. The number of sulfonamides is 1. The molecule has 0 spiro atoms. The third-order valence-corrected chi connectivity index (χ3v) is 5.99. The summed E-state index contributed by atoms with van der Waals surface area (Å²) >= 11 is 12.3. The van der Waals surface area contributed by atoms with Crippen LogP contribution in [-0.2, 0) is 22.4 Å². The minimum absolute atomic E-state index is 0.199. The maximum Gasteiger partial charge on any atom is 0.242 e. The molecule has 0 aliphatic rings. The van der Waals surface area contributed by atoms with Crippen LogP contribution in [0.1, 0.15) is 11.1 Å². The third kappa shape index (κ3) is 4.53. The largest absolute Gasteiger partial charge is 0.242 e. The smallest absolute Gasteiger partial charge is 0.207 e. The second-order valence-electron chi connectivity index (χ2n) is 4.35. The zero-order valence-electron chi connectivity index (χ0n) is 10.8. The van der Waals surface area contributed by atoms with Gasteiger partial charge in [-0.25, -0.2) is 13.1 Å². The zero-order chi connectivity index (χ0) is 15.5. The van der Waals surface area contributed by atoms with Crippen LogP contribution in [0.3, 0.4) is 0 Å². The standard InChI is InChI=1S/C14H12Br2ClNO2S/c15-12-4-5-13(16)14(7-12)21(19,20)18-9-11-3-1-2-10(6-11)8-17/h1-7,18H,8-9H2. The fraction of sp³-hybridized carbons (Fsp3) is 0.143. The lowest BCUT2D eigenvalue weighted by molar-refractivity contribution is 0.580. The third-order valence-electron chi connectivity index (χ3n) is 2.79. The van der Waals surface area contributed by atoms with Crippen molar-refractivity contribution < 1.29 is 8.42 Å². The molecule has 0 radical (unpaired) electrons. The van der Waals surface area contributed by atoms with Gasteiger partial charge in [0.15, 0.2) is 0 Å². The van der Waals surface area contributed by atoms with E-state index in [4.69, 9.17) is 11.6 Å². The van der Waals surface area contributed by atoms with Crippen molar-refractivity contribution in [3.8, 4) is 0 Å². The molecule has 0 atom stereocenters. The van der Waals surface area contributed by atoms with E-state index in [9.17, 15) is 8.42 Å². The summed E-state index contributed by atoms with van der Waals surface area (Å²) in [5.74, 6) is 0.401. The van der Waals surface area contributed by atoms with E-state index in [1.807, 2.05) is 24.3 Å². The normalized spacial score (nSPS) is 11.6. The molecule has 0 saturated heterocycles. The number of hydrogen-bond donors (Lipinski definition) is 1. The van der Waals surface area contributed by atoms with Crippen molar-refractivity contribution in [3.63, 3.8) is 0 Å². The highest BCUT2D eigenvalue weighted by Crippen LogP contribution is 2.25. The molecule has 2 aromatic rings. The summed E-state index contributed by atoms with van der Waals surface area (Å²) in [5, 5.41) is 0. The van der Waals surface area contributed by atoms with Crippen LogP contribution in [0.25, 0.3) is 0 Å². The van der Waals surface area contributed by atoms with Crippen LogP contribution >= 0.6 is 43.5 Å². The van der Waals surface area contributed by atoms with Crippen molar-refractivity contribution in [1.82, 2.24) is 4.72 Å². The van der Waals surface area contributed by atoms with Gasteiger partial charge in [-0.3, -0.25) is 0 Å². The minimum atomic E-state index is -3.59. The molecule has 0 bridgehead atoms. The number of alkyl halides is 1. The lowest BCUT2D eigenvalue weighted by atomic mass is 10.1. The summed E-state index contributed by atoms with van der Waals surface area (Å²) in [6.07, 6.45) is 0. The van der Waals surface area contributed by atoms with Crippen LogP contribution in [-0.4, -0.2) is 8.42 Å². The van der Waals surface area contributed by atoms with Gasteiger partial charge in [-0.05, 0) is 45.3 Å². The fourth-order valence-corrected chi connectivity index (χ4v) is 4.45. The first-order valence-electron chi connectivity index (χ1n) is 6.01. The predicted octanol–water partition coefficient (Wildman–Crippen LogP) is 4.43. The van der Waals surface area contributed by atoms with Gasteiger partial charge in [0.05, 0.1) is 4.90 Å². The molecule has 2 aromatic carbocycles. The number of rotatable bonds is 5. The monoisotopic (exact) mass is 451 g/mol. The van der Waals surface area contributed by atoms with E-state index in [2.05, 4.69) is 36.6 Å². The Labute approximate surface area is 146 Å². The van der Waals surface area contributed by atoms with E-state index in [1.54, 1.807) is 18.2 Å². The summed E-state index contributed by atoms with van der Waals surface area (Å²) in [5.41, 5.74) is 1.82. The van der Waals surface area contributed by atoms with Crippen LogP contribution in [0.2, 0.25) is 0 Å². The molecular weight excluding hydrogens is 441 g/mol. The summed E-state index contributed by atoms with van der Waals surface area (Å²) < 4.78 is 28.5. The Kier molecular flexibility index (Phi) is 5.85. The van der Waals surface area contributed by atoms with Gasteiger partial charge in [-0.15, -0.1) is 11.6 Å². The molecule has 0 heterocycles. The Morgan fingerprint density at radius 3 is 2.48 bits per heavy atom. The second-order valence-corrected chi connectivity index (χ2v) is 8.13. The fourth-order valence-electron chi connectivity index (χ4n) is 1.76. The number of hydrogen-bond acceptors (Lipinski definition) is 2. The van der Waals surface area contributed by atoms with E-state index in [0.717, 1.165) is 11.1 Å². The minimum Gasteiger partial charge on any atom is -0.207 e. The first kappa shape index (κ1) is 17.0. The second kappa shape index (κ2) is 7.24. The van der Waals surface area contributed by atoms with Crippen molar-refractivity contribution in [3.05, 3.63) is 62.5 Å². The van der Waals surface area contributed by atoms with Crippen LogP contribution in [0.5, 0.6) is 0 Å². The van der Waals surface area contributed by atoms with E-state index < -0.39 is 10.0 Å². The Hall–Kier alpha value is -0.400. The molecule has 0 aliphatic carbocycles. The topological polar surface area (TPSA) is 46.2 Å². The van der Waals surface area contributed by atoms with Gasteiger partial charge in [0, 0.05) is 21.4 Å². The van der Waals surface area contributed by atoms with Crippen molar-refractivity contribution in [2.45, 2.75) is 17.3 Å². The Balaban J connectivity index is 2.19. The number of halogens is 3. The van der Waals surface area contributed by atoms with Gasteiger partial charge in [0.1, 0.15) is 0 Å². The van der Waals surface area contributed by atoms with Gasteiger partial charge >= 0.3 is 0 Å². The van der Waals surface area contributed by atoms with Crippen LogP contribution < -0.4 is 4.72 Å². The van der Waals surface area contributed by atoms with Gasteiger partial charge in [0.25, 0.3) is 0 Å². The van der Waals surface area contributed by atoms with Crippen molar-refractivity contribution in [1.29, 1.82) is 0 Å². The maximum atomic E-state index is 12.3. The lowest BCUT2D eigenvalue weighted by Crippen LogP contribution is -2.23.